The largest absolute Gasteiger partial charge is 0.466 e. The van der Waals surface area contributed by atoms with Gasteiger partial charge in [0.25, 0.3) is 5.69 Å². The van der Waals surface area contributed by atoms with Crippen molar-refractivity contribution in [3.8, 4) is 11.5 Å². The van der Waals surface area contributed by atoms with Gasteiger partial charge in [0.1, 0.15) is 11.5 Å². The van der Waals surface area contributed by atoms with E-state index in [0.29, 0.717) is 40.0 Å². The summed E-state index contributed by atoms with van der Waals surface area (Å²) in [5, 5.41) is 11.6. The van der Waals surface area contributed by atoms with Gasteiger partial charge in [-0.15, -0.1) is 0 Å². The molecule has 6 nitrogen and oxygen atoms in total. The number of nitrogens with zero attached hydrogens (tertiary/aromatic N) is 1. The molecule has 0 N–H and O–H groups in total. The first-order valence-electron chi connectivity index (χ1n) is 9.12. The quantitative estimate of drug-likeness (QED) is 0.279. The Bertz CT molecular complexity index is 895. The second-order valence-electron chi connectivity index (χ2n) is 7.30. The highest BCUT2D eigenvalue weighted by molar-refractivity contribution is 7.99. The molecule has 29 heavy (non-hydrogen) atoms. The Kier molecular flexibility index (Phi) is 7.93. The fourth-order valence-corrected chi connectivity index (χ4v) is 3.39. The monoisotopic (exact) mass is 437 g/mol. The number of benzene rings is 2. The number of carbonyl (C=O) groups excluding carboxylic acids is 1. The second-order valence-corrected chi connectivity index (χ2v) is 9.51. The first-order valence-corrected chi connectivity index (χ1v) is 10.5. The number of nitro groups is 1. The molecule has 2 aromatic carbocycles. The van der Waals surface area contributed by atoms with Gasteiger partial charge in [0, 0.05) is 28.2 Å². The van der Waals surface area contributed by atoms with Crippen LogP contribution < -0.4 is 4.74 Å². The van der Waals surface area contributed by atoms with E-state index < -0.39 is 4.92 Å². The van der Waals surface area contributed by atoms with Crippen molar-refractivity contribution in [1.82, 2.24) is 0 Å². The smallest absolute Gasteiger partial charge is 0.310 e. The van der Waals surface area contributed by atoms with E-state index in [1.54, 1.807) is 43.0 Å². The van der Waals surface area contributed by atoms with Crippen molar-refractivity contribution in [2.24, 2.45) is 0 Å². The fourth-order valence-electron chi connectivity index (χ4n) is 2.42. The Labute approximate surface area is 179 Å². The predicted molar refractivity (Wildman–Crippen MR) is 116 cm³/mol. The summed E-state index contributed by atoms with van der Waals surface area (Å²) in [4.78, 5) is 22.5. The van der Waals surface area contributed by atoms with Gasteiger partial charge in [0.15, 0.2) is 0 Å². The summed E-state index contributed by atoms with van der Waals surface area (Å²) >= 11 is 7.93. The second kappa shape index (κ2) is 9.98. The third-order valence-electron chi connectivity index (χ3n) is 3.78. The molecule has 0 unspecified atom stereocenters. The SMILES string of the molecule is CCOC(=O)Cc1ccc(Cl)c(Oc2ccc([N+](=O)[O-])cc2CSC(C)(C)C)c1. The molecule has 0 amide bonds. The number of rotatable bonds is 8. The van der Waals surface area contributed by atoms with E-state index in [-0.39, 0.29) is 22.8 Å². The van der Waals surface area contributed by atoms with E-state index in [9.17, 15) is 14.9 Å². The van der Waals surface area contributed by atoms with Gasteiger partial charge in [-0.1, -0.05) is 38.4 Å². The molecule has 0 saturated heterocycles. The van der Waals surface area contributed by atoms with E-state index in [0.717, 1.165) is 0 Å². The van der Waals surface area contributed by atoms with Crippen molar-refractivity contribution in [2.45, 2.75) is 44.6 Å². The van der Waals surface area contributed by atoms with Crippen LogP contribution in [0, 0.1) is 10.1 Å². The maximum absolute atomic E-state index is 11.7. The fraction of sp³-hybridized carbons (Fsp3) is 0.381. The average Bonchev–Trinajstić information content (AvgIpc) is 2.63. The van der Waals surface area contributed by atoms with Crippen molar-refractivity contribution in [2.75, 3.05) is 6.61 Å². The molecule has 0 bridgehead atoms. The van der Waals surface area contributed by atoms with Crippen molar-refractivity contribution < 1.29 is 19.2 Å². The third kappa shape index (κ3) is 7.25. The summed E-state index contributed by atoms with van der Waals surface area (Å²) in [6.07, 6.45) is 0.106. The molecule has 0 atom stereocenters. The number of hydrogen-bond donors (Lipinski definition) is 0. The van der Waals surface area contributed by atoms with Crippen LogP contribution in [-0.4, -0.2) is 22.2 Å². The molecule has 2 rings (SSSR count). The first-order chi connectivity index (χ1) is 13.6. The highest BCUT2D eigenvalue weighted by Crippen LogP contribution is 2.37. The normalized spacial score (nSPS) is 11.2. The lowest BCUT2D eigenvalue weighted by Crippen LogP contribution is -2.08. The standard InChI is InChI=1S/C21H24ClNO5S/c1-5-27-20(24)11-14-6-8-17(22)19(10-14)28-18-9-7-16(23(25)26)12-15(18)13-29-21(2,3)4/h6-10,12H,5,11,13H2,1-4H3. The lowest BCUT2D eigenvalue weighted by atomic mass is 10.1. The molecule has 0 fully saturated rings. The van der Waals surface area contributed by atoms with Crippen LogP contribution in [0.3, 0.4) is 0 Å². The first kappa shape index (κ1) is 23.0. The molecule has 0 aliphatic heterocycles. The molecular formula is C21H24ClNO5S. The number of esters is 1. The van der Waals surface area contributed by atoms with Crippen LogP contribution in [0.4, 0.5) is 5.69 Å². The summed E-state index contributed by atoms with van der Waals surface area (Å²) in [5.74, 6) is 1.07. The lowest BCUT2D eigenvalue weighted by molar-refractivity contribution is -0.384. The van der Waals surface area contributed by atoms with E-state index in [4.69, 9.17) is 21.1 Å². The Morgan fingerprint density at radius 2 is 1.90 bits per heavy atom. The Morgan fingerprint density at radius 3 is 2.52 bits per heavy atom. The number of carbonyl (C=O) groups is 1. The highest BCUT2D eigenvalue weighted by Gasteiger charge is 2.18. The molecule has 0 aliphatic rings. The van der Waals surface area contributed by atoms with E-state index in [1.165, 1.54) is 12.1 Å². The number of hydrogen-bond acceptors (Lipinski definition) is 6. The lowest BCUT2D eigenvalue weighted by Gasteiger charge is -2.19. The molecule has 0 aromatic heterocycles. The van der Waals surface area contributed by atoms with Crippen LogP contribution in [0.5, 0.6) is 11.5 Å². The summed E-state index contributed by atoms with van der Waals surface area (Å²) in [7, 11) is 0. The van der Waals surface area contributed by atoms with Crippen LogP contribution >= 0.6 is 23.4 Å². The zero-order chi connectivity index (χ0) is 21.6. The molecule has 156 valence electrons. The van der Waals surface area contributed by atoms with E-state index in [1.807, 2.05) is 0 Å². The minimum absolute atomic E-state index is 0.00372. The van der Waals surface area contributed by atoms with Crippen molar-refractivity contribution >= 4 is 35.0 Å². The summed E-state index contributed by atoms with van der Waals surface area (Å²) in [6, 6.07) is 9.56. The third-order valence-corrected chi connectivity index (χ3v) is 5.42. The zero-order valence-electron chi connectivity index (χ0n) is 16.9. The molecule has 0 saturated carbocycles. The number of nitro benzene ring substituents is 1. The van der Waals surface area contributed by atoms with E-state index >= 15 is 0 Å². The van der Waals surface area contributed by atoms with E-state index in [2.05, 4.69) is 20.8 Å². The van der Waals surface area contributed by atoms with Gasteiger partial charge in [-0.25, -0.2) is 0 Å². The molecule has 8 heteroatoms. The van der Waals surface area contributed by atoms with Crippen LogP contribution in [-0.2, 0) is 21.7 Å². The van der Waals surface area contributed by atoms with Gasteiger partial charge in [-0.2, -0.15) is 11.8 Å². The Hall–Kier alpha value is -2.25. The molecule has 0 heterocycles. The maximum atomic E-state index is 11.7. The Balaban J connectivity index is 2.32. The number of halogens is 1. The van der Waals surface area contributed by atoms with Crippen LogP contribution in [0.1, 0.15) is 38.8 Å². The van der Waals surface area contributed by atoms with Crippen LogP contribution in [0.15, 0.2) is 36.4 Å². The summed E-state index contributed by atoms with van der Waals surface area (Å²) in [5.41, 5.74) is 1.41. The van der Waals surface area contributed by atoms with Gasteiger partial charge in [-0.3, -0.25) is 14.9 Å². The van der Waals surface area contributed by atoms with Gasteiger partial charge in [-0.05, 0) is 30.7 Å². The van der Waals surface area contributed by atoms with Gasteiger partial charge >= 0.3 is 5.97 Å². The number of ether oxygens (including phenoxy) is 2. The number of non-ortho nitro benzene ring substituents is 1. The highest BCUT2D eigenvalue weighted by atomic mass is 35.5. The predicted octanol–water partition coefficient (Wildman–Crippen LogP) is 6.18. The molecule has 0 radical (unpaired) electrons. The topological polar surface area (TPSA) is 78.7 Å². The molecule has 2 aromatic rings. The zero-order valence-corrected chi connectivity index (χ0v) is 18.4. The van der Waals surface area contributed by atoms with Gasteiger partial charge in [0.05, 0.1) is 23.0 Å². The molecule has 0 spiro atoms. The minimum Gasteiger partial charge on any atom is -0.466 e. The van der Waals surface area contributed by atoms with Gasteiger partial charge < -0.3 is 9.47 Å². The van der Waals surface area contributed by atoms with Crippen LogP contribution in [0.2, 0.25) is 5.02 Å². The summed E-state index contributed by atoms with van der Waals surface area (Å²) < 4.78 is 11.0. The average molecular weight is 438 g/mol. The van der Waals surface area contributed by atoms with Crippen molar-refractivity contribution in [1.29, 1.82) is 0 Å². The maximum Gasteiger partial charge on any atom is 0.310 e. The van der Waals surface area contributed by atoms with Crippen molar-refractivity contribution in [3.63, 3.8) is 0 Å². The Morgan fingerprint density at radius 1 is 1.17 bits per heavy atom. The van der Waals surface area contributed by atoms with Crippen LogP contribution in [0.25, 0.3) is 0 Å². The number of thioether (sulfide) groups is 1. The van der Waals surface area contributed by atoms with Gasteiger partial charge in [0.2, 0.25) is 0 Å². The molecule has 0 aliphatic carbocycles. The molecular weight excluding hydrogens is 414 g/mol. The van der Waals surface area contributed by atoms with Crippen molar-refractivity contribution in [3.05, 3.63) is 62.7 Å². The minimum atomic E-state index is -0.429. The summed E-state index contributed by atoms with van der Waals surface area (Å²) in [6.45, 7) is 8.29.